The second-order valence-electron chi connectivity index (χ2n) is 7.30. The van der Waals surface area contributed by atoms with E-state index in [4.69, 9.17) is 5.14 Å². The summed E-state index contributed by atoms with van der Waals surface area (Å²) in [6.07, 6.45) is 4.67. The maximum absolute atomic E-state index is 14.2. The molecule has 0 amide bonds. The van der Waals surface area contributed by atoms with E-state index in [9.17, 15) is 13.7 Å². The van der Waals surface area contributed by atoms with Gasteiger partial charge in [0.2, 0.25) is 6.35 Å². The summed E-state index contributed by atoms with van der Waals surface area (Å²) in [4.78, 5) is 0.671. The lowest BCUT2D eigenvalue weighted by Crippen LogP contribution is -2.23. The van der Waals surface area contributed by atoms with Gasteiger partial charge >= 0.3 is 0 Å². The molecule has 2 aromatic rings. The van der Waals surface area contributed by atoms with Crippen molar-refractivity contribution in [2.24, 2.45) is 9.50 Å². The van der Waals surface area contributed by atoms with E-state index in [1.54, 1.807) is 7.05 Å². The van der Waals surface area contributed by atoms with Gasteiger partial charge in [0.05, 0.1) is 0 Å². The van der Waals surface area contributed by atoms with E-state index < -0.39 is 22.1 Å². The summed E-state index contributed by atoms with van der Waals surface area (Å²) < 4.78 is 30.8. The number of hydrogen-bond acceptors (Lipinski definition) is 6. The van der Waals surface area contributed by atoms with Crippen molar-refractivity contribution < 1.29 is 13.7 Å². The summed E-state index contributed by atoms with van der Waals surface area (Å²) in [5.74, 6) is -0.653. The Morgan fingerprint density at radius 1 is 1.25 bits per heavy atom. The van der Waals surface area contributed by atoms with Crippen LogP contribution < -0.4 is 15.8 Å². The van der Waals surface area contributed by atoms with Crippen LogP contribution in [-0.4, -0.2) is 22.7 Å². The van der Waals surface area contributed by atoms with E-state index in [-0.39, 0.29) is 4.21 Å². The molecule has 5 N–H and O–H groups in total. The molecular formula is C19H25FN4O2S2. The number of thiophene rings is 1. The Morgan fingerprint density at radius 2 is 1.89 bits per heavy atom. The number of anilines is 1. The van der Waals surface area contributed by atoms with Crippen molar-refractivity contribution in [1.29, 1.82) is 0 Å². The van der Waals surface area contributed by atoms with E-state index in [0.29, 0.717) is 11.4 Å². The third-order valence-corrected chi connectivity index (χ3v) is 8.44. The zero-order chi connectivity index (χ0) is 19.9. The van der Waals surface area contributed by atoms with Gasteiger partial charge in [-0.2, -0.15) is 4.36 Å². The van der Waals surface area contributed by atoms with Crippen LogP contribution in [0.3, 0.4) is 0 Å². The van der Waals surface area contributed by atoms with Crippen molar-refractivity contribution in [2.75, 3.05) is 12.4 Å². The first-order valence-electron chi connectivity index (χ1n) is 9.47. The number of fused-ring (bicyclic) bond motifs is 2. The summed E-state index contributed by atoms with van der Waals surface area (Å²) in [7, 11) is -1.82. The Kier molecular flexibility index (Phi) is 5.45. The van der Waals surface area contributed by atoms with E-state index >= 15 is 0 Å². The standard InChI is InChI=1S/C19H25FN4O2S2/c1-22-10-13-9-16(20)18(27-13)28(21,26)24-19(25)23-17-14-6-2-4-11(14)8-12-5-3-7-15(12)17/h8-9,19,22-23,25H,2-7,10H2,1H3,(H2,21,24,26). The van der Waals surface area contributed by atoms with Crippen LogP contribution in [0.1, 0.15) is 40.0 Å². The zero-order valence-corrected chi connectivity index (χ0v) is 17.4. The molecule has 0 saturated heterocycles. The average molecular weight is 425 g/mol. The fourth-order valence-electron chi connectivity index (χ4n) is 4.20. The quantitative estimate of drug-likeness (QED) is 0.536. The number of aliphatic hydroxyl groups is 1. The molecule has 6 nitrogen and oxygen atoms in total. The maximum Gasteiger partial charge on any atom is 0.233 e. The Morgan fingerprint density at radius 3 is 2.50 bits per heavy atom. The fraction of sp³-hybridized carbons (Fsp3) is 0.474. The van der Waals surface area contributed by atoms with Crippen LogP contribution in [0.4, 0.5) is 10.1 Å². The van der Waals surface area contributed by atoms with E-state index in [2.05, 4.69) is 21.1 Å². The number of halogens is 1. The molecule has 1 aromatic carbocycles. The molecular weight excluding hydrogens is 399 g/mol. The van der Waals surface area contributed by atoms with Crippen LogP contribution in [0.5, 0.6) is 0 Å². The summed E-state index contributed by atoms with van der Waals surface area (Å²) >= 11 is 1.01. The highest BCUT2D eigenvalue weighted by Gasteiger charge is 2.26. The van der Waals surface area contributed by atoms with Gasteiger partial charge in [-0.15, -0.1) is 11.3 Å². The van der Waals surface area contributed by atoms with E-state index in [0.717, 1.165) is 55.5 Å². The van der Waals surface area contributed by atoms with Gasteiger partial charge in [-0.25, -0.2) is 13.7 Å². The number of aryl methyl sites for hydroxylation is 2. The van der Waals surface area contributed by atoms with Crippen LogP contribution in [0, 0.1) is 5.82 Å². The Labute approximate surface area is 168 Å². The van der Waals surface area contributed by atoms with Gasteiger partial charge in [-0.1, -0.05) is 6.07 Å². The first-order valence-corrected chi connectivity index (χ1v) is 11.9. The molecule has 1 heterocycles. The van der Waals surface area contributed by atoms with Gasteiger partial charge in [0.1, 0.15) is 0 Å². The van der Waals surface area contributed by atoms with Crippen LogP contribution in [0.15, 0.2) is 20.7 Å². The van der Waals surface area contributed by atoms with E-state index in [1.807, 2.05) is 0 Å². The van der Waals surface area contributed by atoms with Gasteiger partial charge in [-0.3, -0.25) is 0 Å². The topological polar surface area (TPSA) is 99.7 Å². The van der Waals surface area contributed by atoms with Gasteiger partial charge in [0, 0.05) is 17.1 Å². The molecule has 9 heteroatoms. The summed E-state index contributed by atoms with van der Waals surface area (Å²) in [6, 6.07) is 3.59. The smallest absolute Gasteiger partial charge is 0.233 e. The molecule has 0 spiro atoms. The molecule has 28 heavy (non-hydrogen) atoms. The minimum Gasteiger partial charge on any atom is -0.355 e. The molecule has 4 rings (SSSR count). The lowest BCUT2D eigenvalue weighted by Gasteiger charge is -2.19. The Hall–Kier alpha value is -1.52. The molecule has 0 saturated carbocycles. The lowest BCUT2D eigenvalue weighted by molar-refractivity contribution is 0.216. The second-order valence-corrected chi connectivity index (χ2v) is 10.5. The van der Waals surface area contributed by atoms with Crippen LogP contribution in [-0.2, 0) is 42.1 Å². The minimum absolute atomic E-state index is 0.137. The van der Waals surface area contributed by atoms with Crippen molar-refractivity contribution >= 4 is 26.9 Å². The predicted octanol–water partition coefficient (Wildman–Crippen LogP) is 2.67. The van der Waals surface area contributed by atoms with Gasteiger partial charge in [-0.05, 0) is 73.9 Å². The molecule has 0 fully saturated rings. The minimum atomic E-state index is -3.56. The maximum atomic E-state index is 14.2. The average Bonchev–Trinajstić information content (AvgIpc) is 3.34. The van der Waals surface area contributed by atoms with Crippen LogP contribution in [0.2, 0.25) is 0 Å². The first-order chi connectivity index (χ1) is 13.4. The normalized spacial score (nSPS) is 18.4. The summed E-state index contributed by atoms with van der Waals surface area (Å²) in [5.41, 5.74) is 5.93. The summed E-state index contributed by atoms with van der Waals surface area (Å²) in [5, 5.41) is 22.3. The molecule has 0 radical (unpaired) electrons. The Bertz CT molecular complexity index is 995. The molecule has 152 valence electrons. The number of nitrogens with zero attached hydrogens (tertiary/aromatic N) is 1. The lowest BCUT2D eigenvalue weighted by atomic mass is 9.99. The molecule has 0 bridgehead atoms. The van der Waals surface area contributed by atoms with Crippen molar-refractivity contribution in [1.82, 2.24) is 5.32 Å². The van der Waals surface area contributed by atoms with Crippen molar-refractivity contribution in [3.63, 3.8) is 0 Å². The first kappa shape index (κ1) is 19.8. The zero-order valence-electron chi connectivity index (χ0n) is 15.8. The van der Waals surface area contributed by atoms with E-state index in [1.165, 1.54) is 28.3 Å². The van der Waals surface area contributed by atoms with Crippen molar-refractivity contribution in [2.45, 2.75) is 55.6 Å². The number of nitrogens with two attached hydrogens (primary N) is 1. The highest BCUT2D eigenvalue weighted by Crippen LogP contribution is 2.39. The molecule has 0 aliphatic heterocycles. The van der Waals surface area contributed by atoms with Gasteiger partial charge < -0.3 is 15.7 Å². The largest absolute Gasteiger partial charge is 0.355 e. The molecule has 2 atom stereocenters. The van der Waals surface area contributed by atoms with Crippen molar-refractivity contribution in [3.05, 3.63) is 45.1 Å². The van der Waals surface area contributed by atoms with Crippen LogP contribution in [0.25, 0.3) is 0 Å². The number of nitrogens with one attached hydrogen (secondary N) is 2. The number of rotatable bonds is 6. The third kappa shape index (κ3) is 3.69. The Balaban J connectivity index is 1.65. The number of aliphatic hydroxyl groups excluding tert-OH is 1. The highest BCUT2D eigenvalue weighted by molar-refractivity contribution is 7.93. The third-order valence-electron chi connectivity index (χ3n) is 5.33. The predicted molar refractivity (Wildman–Crippen MR) is 110 cm³/mol. The monoisotopic (exact) mass is 424 g/mol. The van der Waals surface area contributed by atoms with Gasteiger partial charge in [0.25, 0.3) is 0 Å². The highest BCUT2D eigenvalue weighted by atomic mass is 32.2. The molecule has 2 unspecified atom stereocenters. The molecule has 2 aliphatic carbocycles. The SMILES string of the molecule is CNCc1cc(F)c(S(N)(=O)=NC(O)Nc2c3c(cc4c2CCC4)CCC3)s1. The second kappa shape index (κ2) is 7.72. The van der Waals surface area contributed by atoms with Gasteiger partial charge in [0.15, 0.2) is 19.9 Å². The number of benzene rings is 1. The molecule has 2 aliphatic rings. The van der Waals surface area contributed by atoms with Crippen molar-refractivity contribution in [3.8, 4) is 0 Å². The summed E-state index contributed by atoms with van der Waals surface area (Å²) in [6.45, 7) is 0.445. The fourth-order valence-corrected chi connectivity index (χ4v) is 6.69. The molecule has 1 aromatic heterocycles. The van der Waals surface area contributed by atoms with Crippen LogP contribution >= 0.6 is 11.3 Å². The number of hydrogen-bond donors (Lipinski definition) is 4.